The summed E-state index contributed by atoms with van der Waals surface area (Å²) >= 11 is 0. The molecule has 0 aliphatic rings. The topological polar surface area (TPSA) is 54.0 Å². The van der Waals surface area contributed by atoms with Crippen molar-refractivity contribution in [2.24, 2.45) is 0 Å². The second-order valence-corrected chi connectivity index (χ2v) is 5.67. The highest BCUT2D eigenvalue weighted by Gasteiger charge is 2.21. The van der Waals surface area contributed by atoms with Gasteiger partial charge >= 0.3 is 0 Å². The van der Waals surface area contributed by atoms with Crippen LogP contribution in [-0.4, -0.2) is 32.6 Å². The predicted molar refractivity (Wildman–Crippen MR) is 83.8 cm³/mol. The lowest BCUT2D eigenvalue weighted by atomic mass is 10.3. The molecular formula is C16H18O5S. The van der Waals surface area contributed by atoms with Crippen LogP contribution in [0.1, 0.15) is 0 Å². The zero-order valence-electron chi connectivity index (χ0n) is 12.9. The Labute approximate surface area is 132 Å². The minimum absolute atomic E-state index is 0.438. The number of rotatable bonds is 6. The SMILES string of the molecule is COc1cccc(S(=O)c2cccc(OC)c2OC)c1OC. The first-order valence-corrected chi connectivity index (χ1v) is 7.66. The van der Waals surface area contributed by atoms with Gasteiger partial charge in [-0.15, -0.1) is 0 Å². The zero-order chi connectivity index (χ0) is 16.1. The van der Waals surface area contributed by atoms with Gasteiger partial charge in [0.25, 0.3) is 0 Å². The summed E-state index contributed by atoms with van der Waals surface area (Å²) in [5.74, 6) is 1.92. The van der Waals surface area contributed by atoms with Gasteiger partial charge in [0, 0.05) is 0 Å². The molecule has 2 aromatic rings. The van der Waals surface area contributed by atoms with Crippen LogP contribution in [0.2, 0.25) is 0 Å². The smallest absolute Gasteiger partial charge is 0.177 e. The molecule has 0 saturated carbocycles. The molecule has 0 spiro atoms. The van der Waals surface area contributed by atoms with Gasteiger partial charge in [0.1, 0.15) is 0 Å². The largest absolute Gasteiger partial charge is 0.493 e. The van der Waals surface area contributed by atoms with Crippen LogP contribution in [0.25, 0.3) is 0 Å². The standard InChI is InChI=1S/C16H18O5S/c1-18-11-7-5-9-13(15(11)20-3)22(17)14-10-6-8-12(19-2)16(14)21-4/h5-10H,1-4H3. The molecule has 0 atom stereocenters. The van der Waals surface area contributed by atoms with E-state index in [0.717, 1.165) is 0 Å². The van der Waals surface area contributed by atoms with Crippen LogP contribution >= 0.6 is 0 Å². The van der Waals surface area contributed by atoms with Gasteiger partial charge in [-0.3, -0.25) is 0 Å². The highest BCUT2D eigenvalue weighted by atomic mass is 32.2. The Hall–Kier alpha value is -2.21. The minimum atomic E-state index is -1.50. The predicted octanol–water partition coefficient (Wildman–Crippen LogP) is 2.89. The maximum Gasteiger partial charge on any atom is 0.177 e. The molecule has 0 aromatic heterocycles. The van der Waals surface area contributed by atoms with Crippen LogP contribution in [0.3, 0.4) is 0 Å². The van der Waals surface area contributed by atoms with Crippen molar-refractivity contribution in [1.29, 1.82) is 0 Å². The summed E-state index contributed by atoms with van der Waals surface area (Å²) in [7, 11) is 4.60. The molecule has 2 aromatic carbocycles. The van der Waals surface area contributed by atoms with Gasteiger partial charge in [-0.05, 0) is 24.3 Å². The summed E-state index contributed by atoms with van der Waals surface area (Å²) < 4.78 is 34.2. The Balaban J connectivity index is 2.58. The van der Waals surface area contributed by atoms with Crippen LogP contribution in [-0.2, 0) is 10.8 Å². The molecule has 0 N–H and O–H groups in total. The van der Waals surface area contributed by atoms with E-state index < -0.39 is 10.8 Å². The first kappa shape index (κ1) is 16.2. The van der Waals surface area contributed by atoms with E-state index >= 15 is 0 Å². The Kier molecular flexibility index (Phi) is 5.27. The lowest BCUT2D eigenvalue weighted by Gasteiger charge is -2.15. The fourth-order valence-electron chi connectivity index (χ4n) is 2.13. The van der Waals surface area contributed by atoms with E-state index in [4.69, 9.17) is 18.9 Å². The minimum Gasteiger partial charge on any atom is -0.493 e. The molecule has 0 fully saturated rings. The monoisotopic (exact) mass is 322 g/mol. The number of para-hydroxylation sites is 2. The Morgan fingerprint density at radius 2 is 1.09 bits per heavy atom. The molecule has 0 aliphatic carbocycles. The van der Waals surface area contributed by atoms with Crippen LogP contribution in [0, 0.1) is 0 Å². The molecule has 2 rings (SSSR count). The molecule has 0 bridgehead atoms. The van der Waals surface area contributed by atoms with Crippen molar-refractivity contribution < 1.29 is 23.2 Å². The lowest BCUT2D eigenvalue weighted by Crippen LogP contribution is -2.02. The summed E-state index contributed by atoms with van der Waals surface area (Å²) in [6.45, 7) is 0. The first-order chi connectivity index (χ1) is 10.7. The van der Waals surface area contributed by atoms with Gasteiger partial charge in [0.15, 0.2) is 23.0 Å². The summed E-state index contributed by atoms with van der Waals surface area (Å²) in [5.41, 5.74) is 0. The maximum atomic E-state index is 13.0. The summed E-state index contributed by atoms with van der Waals surface area (Å²) in [4.78, 5) is 1.02. The van der Waals surface area contributed by atoms with Crippen LogP contribution < -0.4 is 18.9 Å². The quantitative estimate of drug-likeness (QED) is 0.818. The molecule has 0 heterocycles. The normalized spacial score (nSPS) is 10.4. The van der Waals surface area contributed by atoms with Gasteiger partial charge in [-0.1, -0.05) is 12.1 Å². The number of methoxy groups -OCH3 is 4. The van der Waals surface area contributed by atoms with E-state index in [1.165, 1.54) is 28.4 Å². The van der Waals surface area contributed by atoms with E-state index in [1.54, 1.807) is 36.4 Å². The highest BCUT2D eigenvalue weighted by molar-refractivity contribution is 7.85. The van der Waals surface area contributed by atoms with Gasteiger partial charge in [0.05, 0.1) is 49.0 Å². The molecule has 118 valence electrons. The van der Waals surface area contributed by atoms with Crippen molar-refractivity contribution in [3.8, 4) is 23.0 Å². The fraction of sp³-hybridized carbons (Fsp3) is 0.250. The average Bonchev–Trinajstić information content (AvgIpc) is 2.59. The van der Waals surface area contributed by atoms with Crippen molar-refractivity contribution >= 4 is 10.8 Å². The van der Waals surface area contributed by atoms with Crippen LogP contribution in [0.5, 0.6) is 23.0 Å². The van der Waals surface area contributed by atoms with E-state index in [1.807, 2.05) is 0 Å². The second-order valence-electron chi connectivity index (χ2n) is 4.25. The van der Waals surface area contributed by atoms with Gasteiger partial charge in [-0.25, -0.2) is 4.21 Å². The van der Waals surface area contributed by atoms with Gasteiger partial charge in [-0.2, -0.15) is 0 Å². The molecule has 0 saturated heterocycles. The van der Waals surface area contributed by atoms with Crippen LogP contribution in [0.4, 0.5) is 0 Å². The van der Waals surface area contributed by atoms with Crippen molar-refractivity contribution in [3.63, 3.8) is 0 Å². The first-order valence-electron chi connectivity index (χ1n) is 6.51. The molecule has 0 unspecified atom stereocenters. The molecule has 6 heteroatoms. The third kappa shape index (κ3) is 2.87. The van der Waals surface area contributed by atoms with E-state index in [2.05, 4.69) is 0 Å². The number of hydrogen-bond donors (Lipinski definition) is 0. The van der Waals surface area contributed by atoms with Gasteiger partial charge < -0.3 is 18.9 Å². The molecular weight excluding hydrogens is 304 g/mol. The maximum absolute atomic E-state index is 13.0. The molecule has 0 amide bonds. The molecule has 22 heavy (non-hydrogen) atoms. The number of hydrogen-bond acceptors (Lipinski definition) is 5. The third-order valence-electron chi connectivity index (χ3n) is 3.13. The third-order valence-corrected chi connectivity index (χ3v) is 4.58. The fourth-order valence-corrected chi connectivity index (χ4v) is 3.47. The number of ether oxygens (including phenoxy) is 4. The van der Waals surface area contributed by atoms with Crippen molar-refractivity contribution in [1.82, 2.24) is 0 Å². The number of benzene rings is 2. The Bertz CT molecular complexity index is 627. The molecule has 0 radical (unpaired) electrons. The zero-order valence-corrected chi connectivity index (χ0v) is 13.7. The van der Waals surface area contributed by atoms with Crippen molar-refractivity contribution in [2.45, 2.75) is 9.79 Å². The highest BCUT2D eigenvalue weighted by Crippen LogP contribution is 2.39. The molecule has 0 aliphatic heterocycles. The summed E-state index contributed by atoms with van der Waals surface area (Å²) in [6.07, 6.45) is 0. The van der Waals surface area contributed by atoms with E-state index in [0.29, 0.717) is 32.8 Å². The molecule has 5 nitrogen and oxygen atoms in total. The van der Waals surface area contributed by atoms with E-state index in [9.17, 15) is 4.21 Å². The Morgan fingerprint density at radius 1 is 0.682 bits per heavy atom. The summed E-state index contributed by atoms with van der Waals surface area (Å²) in [6, 6.07) is 10.5. The summed E-state index contributed by atoms with van der Waals surface area (Å²) in [5, 5.41) is 0. The lowest BCUT2D eigenvalue weighted by molar-refractivity contribution is 0.345. The van der Waals surface area contributed by atoms with E-state index in [-0.39, 0.29) is 0 Å². The van der Waals surface area contributed by atoms with Crippen LogP contribution in [0.15, 0.2) is 46.2 Å². The second kappa shape index (κ2) is 7.17. The van der Waals surface area contributed by atoms with Crippen molar-refractivity contribution in [2.75, 3.05) is 28.4 Å². The van der Waals surface area contributed by atoms with Gasteiger partial charge in [0.2, 0.25) is 0 Å². The van der Waals surface area contributed by atoms with Crippen molar-refractivity contribution in [3.05, 3.63) is 36.4 Å². The average molecular weight is 322 g/mol. The Morgan fingerprint density at radius 3 is 1.41 bits per heavy atom.